The number of nitrogens with one attached hydrogen (secondary N) is 2. The van der Waals surface area contributed by atoms with Gasteiger partial charge in [0.2, 0.25) is 11.8 Å². The highest BCUT2D eigenvalue weighted by Crippen LogP contribution is 2.37. The maximum atomic E-state index is 11.7. The summed E-state index contributed by atoms with van der Waals surface area (Å²) in [6.07, 6.45) is 1.31. The third kappa shape index (κ3) is 4.37. The van der Waals surface area contributed by atoms with E-state index in [1.165, 1.54) is 5.56 Å². The maximum absolute atomic E-state index is 11.7. The molecule has 1 aromatic carbocycles. The monoisotopic (exact) mass is 274 g/mol. The summed E-state index contributed by atoms with van der Waals surface area (Å²) >= 11 is 0. The van der Waals surface area contributed by atoms with Crippen molar-refractivity contribution in [3.05, 3.63) is 35.4 Å². The van der Waals surface area contributed by atoms with E-state index in [4.69, 9.17) is 0 Å². The second kappa shape index (κ2) is 6.55. The third-order valence-electron chi connectivity index (χ3n) is 3.71. The number of aryl methyl sites for hydroxylation is 1. The zero-order valence-corrected chi connectivity index (χ0v) is 12.1. The molecule has 1 aliphatic rings. The molecule has 0 spiro atoms. The van der Waals surface area contributed by atoms with Crippen LogP contribution in [0.1, 0.15) is 30.9 Å². The van der Waals surface area contributed by atoms with Crippen molar-refractivity contribution in [3.8, 4) is 0 Å². The van der Waals surface area contributed by atoms with Crippen LogP contribution in [0, 0.1) is 18.8 Å². The van der Waals surface area contributed by atoms with Gasteiger partial charge in [0.05, 0.1) is 0 Å². The number of carbonyl (C=O) groups excluding carboxylic acids is 2. The molecule has 108 valence electrons. The van der Waals surface area contributed by atoms with Crippen molar-refractivity contribution in [2.75, 3.05) is 6.54 Å². The lowest BCUT2D eigenvalue weighted by Gasteiger charge is -2.07. The first-order chi connectivity index (χ1) is 9.56. The van der Waals surface area contributed by atoms with Crippen LogP contribution in [0.5, 0.6) is 0 Å². The molecule has 2 N–H and O–H groups in total. The van der Waals surface area contributed by atoms with Crippen LogP contribution < -0.4 is 10.6 Å². The summed E-state index contributed by atoms with van der Waals surface area (Å²) < 4.78 is 0. The summed E-state index contributed by atoms with van der Waals surface area (Å²) in [7, 11) is 0. The Labute approximate surface area is 119 Å². The predicted octanol–water partition coefficient (Wildman–Crippen LogP) is 1.77. The van der Waals surface area contributed by atoms with E-state index in [0.717, 1.165) is 12.0 Å². The molecule has 2 amide bonds. The van der Waals surface area contributed by atoms with Crippen molar-refractivity contribution in [1.82, 2.24) is 10.6 Å². The Morgan fingerprint density at radius 3 is 2.45 bits per heavy atom. The van der Waals surface area contributed by atoms with Gasteiger partial charge in [-0.15, -0.1) is 0 Å². The Balaban J connectivity index is 1.60. The van der Waals surface area contributed by atoms with Crippen LogP contribution in [0.15, 0.2) is 24.3 Å². The minimum atomic E-state index is -0.0327. The minimum Gasteiger partial charge on any atom is -0.355 e. The van der Waals surface area contributed by atoms with Crippen LogP contribution in [-0.4, -0.2) is 18.4 Å². The summed E-state index contributed by atoms with van der Waals surface area (Å²) in [6.45, 7) is 5.05. The molecule has 0 aromatic heterocycles. The quantitative estimate of drug-likeness (QED) is 0.830. The van der Waals surface area contributed by atoms with Crippen molar-refractivity contribution >= 4 is 11.8 Å². The van der Waals surface area contributed by atoms with E-state index in [9.17, 15) is 9.59 Å². The summed E-state index contributed by atoms with van der Waals surface area (Å²) in [5, 5.41) is 5.67. The molecular weight excluding hydrogens is 252 g/mol. The fraction of sp³-hybridized carbons (Fsp3) is 0.500. The van der Waals surface area contributed by atoms with Gasteiger partial charge in [-0.1, -0.05) is 36.8 Å². The molecular formula is C16H22N2O2. The van der Waals surface area contributed by atoms with Gasteiger partial charge < -0.3 is 10.6 Å². The normalized spacial score (nSPS) is 20.3. The zero-order valence-electron chi connectivity index (χ0n) is 12.1. The molecule has 4 nitrogen and oxygen atoms in total. The van der Waals surface area contributed by atoms with E-state index in [0.29, 0.717) is 25.4 Å². The van der Waals surface area contributed by atoms with E-state index in [1.54, 1.807) is 0 Å². The Kier molecular flexibility index (Phi) is 4.77. The molecule has 1 aliphatic carbocycles. The second-order valence-electron chi connectivity index (χ2n) is 5.62. The summed E-state index contributed by atoms with van der Waals surface area (Å²) in [4.78, 5) is 23.2. The molecule has 2 atom stereocenters. The number of carbonyl (C=O) groups is 2. The predicted molar refractivity (Wildman–Crippen MR) is 77.9 cm³/mol. The largest absolute Gasteiger partial charge is 0.355 e. The van der Waals surface area contributed by atoms with E-state index < -0.39 is 0 Å². The summed E-state index contributed by atoms with van der Waals surface area (Å²) in [5.74, 6) is 0.731. The molecule has 1 fully saturated rings. The number of benzene rings is 1. The van der Waals surface area contributed by atoms with E-state index in [2.05, 4.69) is 17.6 Å². The van der Waals surface area contributed by atoms with Crippen LogP contribution in [0.3, 0.4) is 0 Å². The average molecular weight is 274 g/mol. The first-order valence-corrected chi connectivity index (χ1v) is 7.16. The van der Waals surface area contributed by atoms with E-state index >= 15 is 0 Å². The smallest absolute Gasteiger partial charge is 0.223 e. The maximum Gasteiger partial charge on any atom is 0.223 e. The first-order valence-electron chi connectivity index (χ1n) is 7.16. The van der Waals surface area contributed by atoms with Gasteiger partial charge in [-0.25, -0.2) is 0 Å². The van der Waals surface area contributed by atoms with Crippen molar-refractivity contribution in [3.63, 3.8) is 0 Å². The van der Waals surface area contributed by atoms with Crippen LogP contribution in [0.4, 0.5) is 0 Å². The molecule has 2 unspecified atom stereocenters. The first kappa shape index (κ1) is 14.6. The molecule has 0 heterocycles. The van der Waals surface area contributed by atoms with Crippen molar-refractivity contribution < 1.29 is 9.59 Å². The summed E-state index contributed by atoms with van der Waals surface area (Å²) in [6, 6.07) is 8.06. The Morgan fingerprint density at radius 1 is 1.20 bits per heavy atom. The molecule has 20 heavy (non-hydrogen) atoms. The number of amides is 2. The van der Waals surface area contributed by atoms with Crippen LogP contribution in [0.2, 0.25) is 0 Å². The Morgan fingerprint density at radius 2 is 1.85 bits per heavy atom. The van der Waals surface area contributed by atoms with Gasteiger partial charge in [0.25, 0.3) is 0 Å². The SMILES string of the molecule is Cc1ccc(CNC(=O)CCNC(=O)C2CC2C)cc1. The molecule has 2 rings (SSSR count). The van der Waals surface area contributed by atoms with E-state index in [1.807, 2.05) is 31.2 Å². The highest BCUT2D eigenvalue weighted by Gasteiger charge is 2.38. The van der Waals surface area contributed by atoms with Gasteiger partial charge in [-0.2, -0.15) is 0 Å². The van der Waals surface area contributed by atoms with E-state index in [-0.39, 0.29) is 17.7 Å². The molecule has 1 aromatic rings. The van der Waals surface area contributed by atoms with Crippen molar-refractivity contribution in [2.24, 2.45) is 11.8 Å². The molecule has 0 bridgehead atoms. The number of hydrogen-bond donors (Lipinski definition) is 2. The lowest BCUT2D eigenvalue weighted by atomic mass is 10.1. The van der Waals surface area contributed by atoms with Crippen molar-refractivity contribution in [2.45, 2.75) is 33.2 Å². The number of rotatable bonds is 6. The zero-order chi connectivity index (χ0) is 14.5. The van der Waals surface area contributed by atoms with Crippen LogP contribution in [-0.2, 0) is 16.1 Å². The number of hydrogen-bond acceptors (Lipinski definition) is 2. The lowest BCUT2D eigenvalue weighted by molar-refractivity contribution is -0.123. The second-order valence-corrected chi connectivity index (χ2v) is 5.62. The molecule has 0 saturated heterocycles. The molecule has 4 heteroatoms. The fourth-order valence-electron chi connectivity index (χ4n) is 2.11. The fourth-order valence-corrected chi connectivity index (χ4v) is 2.11. The summed E-state index contributed by atoms with van der Waals surface area (Å²) in [5.41, 5.74) is 2.29. The molecule has 0 radical (unpaired) electrons. The standard InChI is InChI=1S/C16H22N2O2/c1-11-3-5-13(6-4-11)10-18-15(19)7-8-17-16(20)14-9-12(14)2/h3-6,12,14H,7-10H2,1-2H3,(H,17,20)(H,18,19). The minimum absolute atomic E-state index is 0.0327. The van der Waals surface area contributed by atoms with Gasteiger partial charge in [0.1, 0.15) is 0 Å². The topological polar surface area (TPSA) is 58.2 Å². The van der Waals surface area contributed by atoms with Gasteiger partial charge in [-0.05, 0) is 24.8 Å². The molecule has 1 saturated carbocycles. The van der Waals surface area contributed by atoms with Gasteiger partial charge in [-0.3, -0.25) is 9.59 Å². The van der Waals surface area contributed by atoms with Crippen molar-refractivity contribution in [1.29, 1.82) is 0 Å². The van der Waals surface area contributed by atoms with Crippen LogP contribution >= 0.6 is 0 Å². The Bertz CT molecular complexity index is 482. The lowest BCUT2D eigenvalue weighted by Crippen LogP contribution is -2.31. The van der Waals surface area contributed by atoms with Gasteiger partial charge in [0.15, 0.2) is 0 Å². The molecule has 0 aliphatic heterocycles. The van der Waals surface area contributed by atoms with Gasteiger partial charge in [0, 0.05) is 25.4 Å². The highest BCUT2D eigenvalue weighted by molar-refractivity contribution is 5.82. The highest BCUT2D eigenvalue weighted by atomic mass is 16.2. The third-order valence-corrected chi connectivity index (χ3v) is 3.71. The van der Waals surface area contributed by atoms with Gasteiger partial charge >= 0.3 is 0 Å². The Hall–Kier alpha value is -1.84. The van der Waals surface area contributed by atoms with Crippen LogP contribution in [0.25, 0.3) is 0 Å². The average Bonchev–Trinajstić information content (AvgIpc) is 3.15.